The van der Waals surface area contributed by atoms with Crippen LogP contribution in [-0.2, 0) is 9.59 Å². The molecule has 1 aliphatic carbocycles. The molecular weight excluding hydrogens is 579 g/mol. The molecule has 5 rings (SSSR count). The Bertz CT molecular complexity index is 1320. The first-order chi connectivity index (χ1) is 20.3. The maximum Gasteiger partial charge on any atom is 0.249 e. The maximum atomic E-state index is 15.3. The molecule has 3 atom stereocenters. The topological polar surface area (TPSA) is 53.1 Å². The summed E-state index contributed by atoms with van der Waals surface area (Å²) in [6.07, 6.45) is 0.312. The Hall–Kier alpha value is -2.78. The van der Waals surface area contributed by atoms with Crippen LogP contribution >= 0.6 is 11.6 Å². The van der Waals surface area contributed by atoms with E-state index in [2.05, 4.69) is 25.7 Å². The van der Waals surface area contributed by atoms with Crippen LogP contribution in [0.5, 0.6) is 5.75 Å². The Morgan fingerprint density at radius 1 is 0.977 bits per heavy atom. The number of alkyl halides is 2. The van der Waals surface area contributed by atoms with Crippen molar-refractivity contribution >= 4 is 23.4 Å². The van der Waals surface area contributed by atoms with Gasteiger partial charge < -0.3 is 14.5 Å². The number of hydrogen-bond acceptors (Lipinski definition) is 4. The standard InChI is InChI=1S/C33H41ClF3N3O3/c1-32(2,3)39-19-26(25-12-11-24(43-4)16-28(25)35)27(20-39)31(42)38-13-5-6-29(21-7-9-23(34)10-8-21)40(15-14-38)30(41)22-17-33(36,37)18-22/h7-12,16,22,26-27,29H,5-6,13-15,17-20H2,1-4H3/t26-,27+,29-/m0/s1. The van der Waals surface area contributed by atoms with Gasteiger partial charge in [-0.1, -0.05) is 29.8 Å². The lowest BCUT2D eigenvalue weighted by atomic mass is 9.79. The lowest BCUT2D eigenvalue weighted by molar-refractivity contribution is -0.163. The number of methoxy groups -OCH3 is 1. The van der Waals surface area contributed by atoms with Crippen molar-refractivity contribution in [2.24, 2.45) is 11.8 Å². The number of carbonyl (C=O) groups is 2. The van der Waals surface area contributed by atoms with Crippen molar-refractivity contribution < 1.29 is 27.5 Å². The predicted octanol–water partition coefficient (Wildman–Crippen LogP) is 6.54. The first-order valence-corrected chi connectivity index (χ1v) is 15.5. The van der Waals surface area contributed by atoms with Gasteiger partial charge in [0.15, 0.2) is 0 Å². The van der Waals surface area contributed by atoms with Crippen molar-refractivity contribution in [2.45, 2.75) is 69.9 Å². The molecule has 0 spiro atoms. The van der Waals surface area contributed by atoms with E-state index in [1.165, 1.54) is 13.2 Å². The molecule has 234 valence electrons. The van der Waals surface area contributed by atoms with Crippen LogP contribution in [0.3, 0.4) is 0 Å². The lowest BCUT2D eigenvalue weighted by Gasteiger charge is -2.43. The average Bonchev–Trinajstić information content (AvgIpc) is 3.38. The van der Waals surface area contributed by atoms with Crippen LogP contribution in [-0.4, -0.2) is 77.8 Å². The van der Waals surface area contributed by atoms with Gasteiger partial charge in [-0.2, -0.15) is 0 Å². The average molecular weight is 620 g/mol. The lowest BCUT2D eigenvalue weighted by Crippen LogP contribution is -2.52. The van der Waals surface area contributed by atoms with Crippen LogP contribution in [0.25, 0.3) is 0 Å². The van der Waals surface area contributed by atoms with Crippen molar-refractivity contribution in [1.29, 1.82) is 0 Å². The van der Waals surface area contributed by atoms with Crippen molar-refractivity contribution in [2.75, 3.05) is 39.8 Å². The van der Waals surface area contributed by atoms with E-state index in [0.29, 0.717) is 48.8 Å². The summed E-state index contributed by atoms with van der Waals surface area (Å²) in [5.41, 5.74) is 1.17. The first-order valence-electron chi connectivity index (χ1n) is 15.1. The third-order valence-corrected chi connectivity index (χ3v) is 9.63. The molecule has 2 aliphatic heterocycles. The molecule has 2 saturated heterocycles. The van der Waals surface area contributed by atoms with Crippen LogP contribution in [0.2, 0.25) is 5.02 Å². The Morgan fingerprint density at radius 3 is 2.28 bits per heavy atom. The summed E-state index contributed by atoms with van der Waals surface area (Å²) in [6, 6.07) is 11.8. The molecule has 6 nitrogen and oxygen atoms in total. The predicted molar refractivity (Wildman–Crippen MR) is 160 cm³/mol. The highest BCUT2D eigenvalue weighted by atomic mass is 35.5. The first kappa shape index (κ1) is 31.6. The Morgan fingerprint density at radius 2 is 1.67 bits per heavy atom. The van der Waals surface area contributed by atoms with E-state index >= 15 is 4.39 Å². The summed E-state index contributed by atoms with van der Waals surface area (Å²) in [6.45, 7) is 8.29. The van der Waals surface area contributed by atoms with Crippen LogP contribution in [0.1, 0.15) is 69.5 Å². The molecule has 0 bridgehead atoms. The zero-order chi connectivity index (χ0) is 31.1. The van der Waals surface area contributed by atoms with Gasteiger partial charge in [-0.3, -0.25) is 14.5 Å². The number of amides is 2. The van der Waals surface area contributed by atoms with Crippen molar-refractivity contribution in [1.82, 2.24) is 14.7 Å². The van der Waals surface area contributed by atoms with E-state index in [9.17, 15) is 18.4 Å². The molecule has 3 aliphatic rings. The van der Waals surface area contributed by atoms with Gasteiger partial charge in [0.2, 0.25) is 17.7 Å². The fraction of sp³-hybridized carbons (Fsp3) is 0.576. The van der Waals surface area contributed by atoms with Crippen LogP contribution in [0.15, 0.2) is 42.5 Å². The smallest absolute Gasteiger partial charge is 0.249 e. The van der Waals surface area contributed by atoms with Gasteiger partial charge in [0.05, 0.1) is 19.1 Å². The van der Waals surface area contributed by atoms with E-state index in [4.69, 9.17) is 16.3 Å². The fourth-order valence-electron chi connectivity index (χ4n) is 6.80. The Kier molecular flexibility index (Phi) is 9.06. The normalized spacial score (nSPS) is 25.2. The Balaban J connectivity index is 1.39. The second-order valence-corrected chi connectivity index (χ2v) is 13.6. The molecule has 0 N–H and O–H groups in total. The van der Waals surface area contributed by atoms with E-state index < -0.39 is 36.4 Å². The van der Waals surface area contributed by atoms with Crippen LogP contribution in [0, 0.1) is 17.7 Å². The third-order valence-electron chi connectivity index (χ3n) is 9.37. The molecule has 2 aromatic carbocycles. The van der Waals surface area contributed by atoms with Gasteiger partial charge >= 0.3 is 0 Å². The van der Waals surface area contributed by atoms with Gasteiger partial charge in [-0.05, 0) is 62.9 Å². The quantitative estimate of drug-likeness (QED) is 0.382. The molecule has 0 unspecified atom stereocenters. The highest BCUT2D eigenvalue weighted by Crippen LogP contribution is 2.45. The number of hydrogen-bond donors (Lipinski definition) is 0. The summed E-state index contributed by atoms with van der Waals surface area (Å²) in [4.78, 5) is 33.5. The van der Waals surface area contributed by atoms with Crippen molar-refractivity contribution in [3.63, 3.8) is 0 Å². The summed E-state index contributed by atoms with van der Waals surface area (Å²) in [5.74, 6) is -4.70. The fourth-order valence-corrected chi connectivity index (χ4v) is 6.93. The van der Waals surface area contributed by atoms with Gasteiger partial charge in [0.25, 0.3) is 0 Å². The summed E-state index contributed by atoms with van der Waals surface area (Å²) >= 11 is 6.12. The molecule has 2 aromatic rings. The highest BCUT2D eigenvalue weighted by molar-refractivity contribution is 6.30. The molecular formula is C33H41ClF3N3O3. The molecule has 1 saturated carbocycles. The monoisotopic (exact) mass is 619 g/mol. The van der Waals surface area contributed by atoms with E-state index in [1.807, 2.05) is 12.1 Å². The van der Waals surface area contributed by atoms with E-state index in [-0.39, 0.29) is 42.4 Å². The molecule has 3 fully saturated rings. The number of rotatable bonds is 5. The zero-order valence-electron chi connectivity index (χ0n) is 25.3. The van der Waals surface area contributed by atoms with Crippen LogP contribution < -0.4 is 4.74 Å². The number of ether oxygens (including phenoxy) is 1. The maximum absolute atomic E-state index is 15.3. The minimum Gasteiger partial charge on any atom is -0.497 e. The largest absolute Gasteiger partial charge is 0.497 e. The molecule has 10 heteroatoms. The Labute approximate surface area is 257 Å². The summed E-state index contributed by atoms with van der Waals surface area (Å²) in [7, 11) is 1.49. The minimum absolute atomic E-state index is 0.0699. The van der Waals surface area contributed by atoms with Gasteiger partial charge in [-0.25, -0.2) is 13.2 Å². The zero-order valence-corrected chi connectivity index (χ0v) is 26.0. The molecule has 0 aromatic heterocycles. The number of halogens is 4. The van der Waals surface area contributed by atoms with Gasteiger partial charge in [0, 0.05) is 74.0 Å². The van der Waals surface area contributed by atoms with E-state index in [1.54, 1.807) is 34.1 Å². The summed E-state index contributed by atoms with van der Waals surface area (Å²) < 4.78 is 48.0. The van der Waals surface area contributed by atoms with E-state index in [0.717, 1.165) is 5.56 Å². The molecule has 43 heavy (non-hydrogen) atoms. The number of carbonyl (C=O) groups excluding carboxylic acids is 2. The number of benzene rings is 2. The third kappa shape index (κ3) is 6.83. The minimum atomic E-state index is -2.81. The van der Waals surface area contributed by atoms with Gasteiger partial charge in [-0.15, -0.1) is 0 Å². The second kappa shape index (κ2) is 12.3. The second-order valence-electron chi connectivity index (χ2n) is 13.2. The number of nitrogens with zero attached hydrogens (tertiary/aromatic N) is 3. The van der Waals surface area contributed by atoms with Crippen molar-refractivity contribution in [3.8, 4) is 5.75 Å². The van der Waals surface area contributed by atoms with Gasteiger partial charge in [0.1, 0.15) is 11.6 Å². The SMILES string of the molecule is COc1ccc([C@@H]2CN(C(C)(C)C)C[C@H]2C(=O)N2CCC[C@@H](c3ccc(Cl)cc3)N(C(=O)C3CC(F)(F)C3)CC2)c(F)c1. The summed E-state index contributed by atoms with van der Waals surface area (Å²) in [5, 5.41) is 0.576. The number of likely N-dealkylation sites (tertiary alicyclic amines) is 1. The molecule has 0 radical (unpaired) electrons. The molecule has 2 heterocycles. The molecule has 2 amide bonds. The van der Waals surface area contributed by atoms with Crippen LogP contribution in [0.4, 0.5) is 13.2 Å². The van der Waals surface area contributed by atoms with Crippen molar-refractivity contribution in [3.05, 3.63) is 64.4 Å². The highest BCUT2D eigenvalue weighted by Gasteiger charge is 2.51.